The molecule has 2 rings (SSSR count). The average molecular weight is 319 g/mol. The lowest BCUT2D eigenvalue weighted by molar-refractivity contribution is -0.141. The molecule has 1 aromatic rings. The number of hydrogen-bond acceptors (Lipinski definition) is 3. The van der Waals surface area contributed by atoms with Crippen LogP contribution in [0.5, 0.6) is 0 Å². The molecule has 0 radical (unpaired) electrons. The van der Waals surface area contributed by atoms with Gasteiger partial charge in [0.25, 0.3) is 0 Å². The predicted octanol–water partition coefficient (Wildman–Crippen LogP) is 2.55. The molecule has 1 aliphatic rings. The Labute approximate surface area is 125 Å². The van der Waals surface area contributed by atoms with Crippen molar-refractivity contribution in [3.8, 4) is 0 Å². The molecule has 1 N–H and O–H groups in total. The Morgan fingerprint density at radius 1 is 1.36 bits per heavy atom. The molecule has 0 aromatic carbocycles. The highest BCUT2D eigenvalue weighted by atomic mass is 19.4. The molecule has 4 nitrogen and oxygen atoms in total. The summed E-state index contributed by atoms with van der Waals surface area (Å²) in [4.78, 5) is 16.0. The Morgan fingerprint density at radius 2 is 2.00 bits per heavy atom. The molecule has 0 unspecified atom stereocenters. The predicted molar refractivity (Wildman–Crippen MR) is 73.2 cm³/mol. The largest absolute Gasteiger partial charge is 0.433 e. The number of nitrogens with zero attached hydrogens (tertiary/aromatic N) is 2. The van der Waals surface area contributed by atoms with Crippen LogP contribution in [0.15, 0.2) is 18.3 Å². The molecule has 1 saturated heterocycles. The topological polar surface area (TPSA) is 45.2 Å². The van der Waals surface area contributed by atoms with Crippen molar-refractivity contribution in [2.45, 2.75) is 31.6 Å². The summed E-state index contributed by atoms with van der Waals surface area (Å²) >= 11 is 0. The third-order valence-electron chi connectivity index (χ3n) is 3.72. The number of anilines is 1. The summed E-state index contributed by atoms with van der Waals surface area (Å²) in [6, 6.07) is 2.26. The van der Waals surface area contributed by atoms with Crippen LogP contribution in [0.25, 0.3) is 0 Å². The van der Waals surface area contributed by atoms with Gasteiger partial charge in [0.05, 0.1) is 18.4 Å². The van der Waals surface area contributed by atoms with E-state index in [-0.39, 0.29) is 25.3 Å². The molecule has 0 bridgehead atoms. The maximum atomic E-state index is 14.4. The molecule has 2 heterocycles. The van der Waals surface area contributed by atoms with Crippen LogP contribution in [0.3, 0.4) is 0 Å². The molecule has 1 fully saturated rings. The highest BCUT2D eigenvalue weighted by Crippen LogP contribution is 2.31. The molecule has 0 atom stereocenters. The van der Waals surface area contributed by atoms with E-state index in [0.717, 1.165) is 12.3 Å². The molecule has 1 aliphatic heterocycles. The number of alkyl halides is 4. The summed E-state index contributed by atoms with van der Waals surface area (Å²) in [5, 5.41) is 2.46. The van der Waals surface area contributed by atoms with Gasteiger partial charge in [0.1, 0.15) is 11.4 Å². The van der Waals surface area contributed by atoms with E-state index < -0.39 is 17.5 Å². The van der Waals surface area contributed by atoms with Gasteiger partial charge < -0.3 is 10.2 Å². The van der Waals surface area contributed by atoms with Gasteiger partial charge in [0, 0.05) is 32.9 Å². The van der Waals surface area contributed by atoms with Crippen molar-refractivity contribution < 1.29 is 22.4 Å². The molecular weight excluding hydrogens is 302 g/mol. The average Bonchev–Trinajstić information content (AvgIpc) is 2.45. The van der Waals surface area contributed by atoms with E-state index in [0.29, 0.717) is 18.8 Å². The Balaban J connectivity index is 1.95. The van der Waals surface area contributed by atoms with Crippen LogP contribution in [0, 0.1) is 0 Å². The Morgan fingerprint density at radius 3 is 2.45 bits per heavy atom. The van der Waals surface area contributed by atoms with Crippen molar-refractivity contribution in [3.05, 3.63) is 24.0 Å². The molecule has 22 heavy (non-hydrogen) atoms. The van der Waals surface area contributed by atoms with Gasteiger partial charge in [-0.3, -0.25) is 4.79 Å². The SMILES string of the molecule is CC(=O)NCC1(F)CCN(c2ccc(C(F)(F)F)nc2)CC1. The normalized spacial score (nSPS) is 18.1. The monoisotopic (exact) mass is 319 g/mol. The van der Waals surface area contributed by atoms with Crippen LogP contribution in [0.2, 0.25) is 0 Å². The third-order valence-corrected chi connectivity index (χ3v) is 3.72. The van der Waals surface area contributed by atoms with E-state index >= 15 is 0 Å². The minimum atomic E-state index is -4.47. The maximum absolute atomic E-state index is 14.4. The highest BCUT2D eigenvalue weighted by molar-refractivity contribution is 5.72. The van der Waals surface area contributed by atoms with Crippen LogP contribution in [-0.2, 0) is 11.0 Å². The third kappa shape index (κ3) is 4.08. The van der Waals surface area contributed by atoms with Gasteiger partial charge in [-0.05, 0) is 12.1 Å². The number of amides is 1. The number of piperidine rings is 1. The summed E-state index contributed by atoms with van der Waals surface area (Å²) in [5.74, 6) is -0.286. The van der Waals surface area contributed by atoms with Crippen LogP contribution in [0.4, 0.5) is 23.2 Å². The minimum absolute atomic E-state index is 0.0402. The summed E-state index contributed by atoms with van der Waals surface area (Å²) < 4.78 is 51.8. The fraction of sp³-hybridized carbons (Fsp3) is 0.571. The first-order valence-electron chi connectivity index (χ1n) is 6.91. The zero-order valence-electron chi connectivity index (χ0n) is 12.1. The van der Waals surface area contributed by atoms with E-state index in [9.17, 15) is 22.4 Å². The maximum Gasteiger partial charge on any atom is 0.433 e. The number of nitrogens with one attached hydrogen (secondary N) is 1. The van der Waals surface area contributed by atoms with E-state index in [2.05, 4.69) is 10.3 Å². The van der Waals surface area contributed by atoms with Crippen molar-refractivity contribution in [1.82, 2.24) is 10.3 Å². The van der Waals surface area contributed by atoms with Crippen molar-refractivity contribution in [2.24, 2.45) is 0 Å². The Hall–Kier alpha value is -1.86. The molecule has 1 amide bonds. The first-order chi connectivity index (χ1) is 10.2. The second-order valence-corrected chi connectivity index (χ2v) is 5.45. The molecular formula is C14H17F4N3O. The fourth-order valence-electron chi connectivity index (χ4n) is 2.37. The van der Waals surface area contributed by atoms with E-state index in [1.807, 2.05) is 0 Å². The molecule has 0 saturated carbocycles. The van der Waals surface area contributed by atoms with Gasteiger partial charge >= 0.3 is 6.18 Å². The smallest absolute Gasteiger partial charge is 0.370 e. The molecule has 0 aliphatic carbocycles. The first kappa shape index (κ1) is 16.5. The number of rotatable bonds is 3. The summed E-state index contributed by atoms with van der Waals surface area (Å²) in [6.45, 7) is 2.01. The summed E-state index contributed by atoms with van der Waals surface area (Å²) in [5.41, 5.74) is -1.88. The second kappa shape index (κ2) is 6.10. The number of aromatic nitrogens is 1. The number of carbonyl (C=O) groups is 1. The summed E-state index contributed by atoms with van der Waals surface area (Å²) in [6.07, 6.45) is -2.91. The summed E-state index contributed by atoms with van der Waals surface area (Å²) in [7, 11) is 0. The van der Waals surface area contributed by atoms with Crippen molar-refractivity contribution in [3.63, 3.8) is 0 Å². The fourth-order valence-corrected chi connectivity index (χ4v) is 2.37. The minimum Gasteiger partial charge on any atom is -0.370 e. The molecule has 1 aromatic heterocycles. The van der Waals surface area contributed by atoms with Gasteiger partial charge in [-0.25, -0.2) is 9.37 Å². The number of carbonyl (C=O) groups excluding carboxylic acids is 1. The van der Waals surface area contributed by atoms with Crippen LogP contribution >= 0.6 is 0 Å². The van der Waals surface area contributed by atoms with Crippen molar-refractivity contribution in [1.29, 1.82) is 0 Å². The quantitative estimate of drug-likeness (QED) is 0.871. The van der Waals surface area contributed by atoms with Gasteiger partial charge in [0.2, 0.25) is 5.91 Å². The van der Waals surface area contributed by atoms with Crippen LogP contribution in [-0.4, -0.2) is 36.2 Å². The number of pyridine rings is 1. The van der Waals surface area contributed by atoms with E-state index in [1.54, 1.807) is 4.90 Å². The van der Waals surface area contributed by atoms with E-state index in [1.165, 1.54) is 13.0 Å². The molecule has 0 spiro atoms. The Bertz CT molecular complexity index is 522. The van der Waals surface area contributed by atoms with E-state index in [4.69, 9.17) is 0 Å². The van der Waals surface area contributed by atoms with Gasteiger partial charge in [-0.15, -0.1) is 0 Å². The van der Waals surface area contributed by atoms with Gasteiger partial charge in [0.15, 0.2) is 0 Å². The zero-order valence-corrected chi connectivity index (χ0v) is 12.1. The first-order valence-corrected chi connectivity index (χ1v) is 6.91. The molecule has 8 heteroatoms. The van der Waals surface area contributed by atoms with Crippen LogP contribution in [0.1, 0.15) is 25.5 Å². The second-order valence-electron chi connectivity index (χ2n) is 5.45. The van der Waals surface area contributed by atoms with Crippen molar-refractivity contribution in [2.75, 3.05) is 24.5 Å². The van der Waals surface area contributed by atoms with Crippen molar-refractivity contribution >= 4 is 11.6 Å². The number of halogens is 4. The number of hydrogen-bond donors (Lipinski definition) is 1. The van der Waals surface area contributed by atoms with Gasteiger partial charge in [-0.1, -0.05) is 0 Å². The standard InChI is InChI=1S/C14H17F4N3O/c1-10(22)20-9-13(15)4-6-21(7-5-13)11-2-3-12(19-8-11)14(16,17)18/h2-3,8H,4-7,9H2,1H3,(H,20,22). The lowest BCUT2D eigenvalue weighted by Gasteiger charge is -2.37. The molecule has 122 valence electrons. The zero-order chi connectivity index (χ0) is 16.4. The van der Waals surface area contributed by atoms with Crippen LogP contribution < -0.4 is 10.2 Å². The lowest BCUT2D eigenvalue weighted by Crippen LogP contribution is -2.48. The lowest BCUT2D eigenvalue weighted by atomic mass is 9.93. The van der Waals surface area contributed by atoms with Gasteiger partial charge in [-0.2, -0.15) is 13.2 Å². The Kier molecular flexibility index (Phi) is 4.58. The highest BCUT2D eigenvalue weighted by Gasteiger charge is 2.35.